The van der Waals surface area contributed by atoms with Crippen molar-refractivity contribution in [2.24, 2.45) is 7.05 Å². The third-order valence-electron chi connectivity index (χ3n) is 3.78. The second-order valence-electron chi connectivity index (χ2n) is 5.00. The summed E-state index contributed by atoms with van der Waals surface area (Å²) in [5.41, 5.74) is 3.82. The second kappa shape index (κ2) is 5.19. The van der Waals surface area contributed by atoms with Gasteiger partial charge >= 0.3 is 0 Å². The van der Waals surface area contributed by atoms with E-state index in [0.29, 0.717) is 6.61 Å². The lowest BCUT2D eigenvalue weighted by Gasteiger charge is -2.35. The van der Waals surface area contributed by atoms with E-state index < -0.39 is 0 Å². The molecule has 2 aromatic rings. The van der Waals surface area contributed by atoms with Crippen molar-refractivity contribution in [1.29, 1.82) is 0 Å². The third-order valence-corrected chi connectivity index (χ3v) is 3.78. The summed E-state index contributed by atoms with van der Waals surface area (Å²) in [5.74, 6) is 0. The van der Waals surface area contributed by atoms with E-state index in [1.54, 1.807) is 13.4 Å². The summed E-state index contributed by atoms with van der Waals surface area (Å²) in [5, 5.41) is 4.38. The van der Waals surface area contributed by atoms with E-state index in [9.17, 15) is 0 Å². The molecule has 1 atom stereocenters. The van der Waals surface area contributed by atoms with Crippen LogP contribution in [-0.2, 0) is 24.8 Å². The van der Waals surface area contributed by atoms with Crippen molar-refractivity contribution in [1.82, 2.24) is 14.7 Å². The minimum atomic E-state index is 0.260. The Morgan fingerprint density at radius 3 is 3.16 bits per heavy atom. The van der Waals surface area contributed by atoms with Gasteiger partial charge in [0.05, 0.1) is 37.1 Å². The molecular weight excluding hydrogens is 242 g/mol. The molecule has 3 rings (SSSR count). The van der Waals surface area contributed by atoms with Gasteiger partial charge in [-0.2, -0.15) is 5.10 Å². The first-order valence-corrected chi connectivity index (χ1v) is 6.54. The maximum absolute atomic E-state index is 5.41. The summed E-state index contributed by atoms with van der Waals surface area (Å²) in [7, 11) is 3.75. The van der Waals surface area contributed by atoms with E-state index in [2.05, 4.69) is 10.00 Å². The molecule has 0 saturated heterocycles. The Hall–Kier alpha value is -1.59. The first-order valence-electron chi connectivity index (χ1n) is 6.54. The number of hydrogen-bond acceptors (Lipinski definition) is 4. The van der Waals surface area contributed by atoms with Crippen LogP contribution in [0.4, 0.5) is 0 Å². The molecule has 0 fully saturated rings. The van der Waals surface area contributed by atoms with E-state index in [1.165, 1.54) is 16.8 Å². The van der Waals surface area contributed by atoms with E-state index in [-0.39, 0.29) is 6.04 Å². The van der Waals surface area contributed by atoms with Crippen molar-refractivity contribution >= 4 is 0 Å². The quantitative estimate of drug-likeness (QED) is 0.841. The Morgan fingerprint density at radius 1 is 1.53 bits per heavy atom. The van der Waals surface area contributed by atoms with E-state index >= 15 is 0 Å². The molecule has 0 bridgehead atoms. The van der Waals surface area contributed by atoms with Crippen LogP contribution in [0.2, 0.25) is 0 Å². The highest BCUT2D eigenvalue weighted by Crippen LogP contribution is 2.30. The van der Waals surface area contributed by atoms with E-state index in [1.807, 2.05) is 30.3 Å². The van der Waals surface area contributed by atoms with Crippen molar-refractivity contribution in [2.45, 2.75) is 19.0 Å². The number of furan rings is 1. The molecule has 5 heteroatoms. The number of ether oxygens (including phenoxy) is 1. The van der Waals surface area contributed by atoms with Crippen molar-refractivity contribution in [2.75, 3.05) is 20.3 Å². The van der Waals surface area contributed by atoms with Crippen molar-refractivity contribution in [3.63, 3.8) is 0 Å². The third kappa shape index (κ3) is 2.31. The van der Waals surface area contributed by atoms with Crippen LogP contribution in [0.3, 0.4) is 0 Å². The smallest absolute Gasteiger partial charge is 0.0947 e. The van der Waals surface area contributed by atoms with Gasteiger partial charge in [0, 0.05) is 32.8 Å². The number of fused-ring (bicyclic) bond motifs is 1. The number of aryl methyl sites for hydroxylation is 1. The molecule has 0 radical (unpaired) electrons. The molecule has 102 valence electrons. The topological polar surface area (TPSA) is 43.4 Å². The molecule has 1 aliphatic rings. The van der Waals surface area contributed by atoms with Crippen LogP contribution in [0, 0.1) is 0 Å². The maximum atomic E-state index is 5.41. The molecule has 0 aliphatic carbocycles. The summed E-state index contributed by atoms with van der Waals surface area (Å²) in [4.78, 5) is 2.43. The summed E-state index contributed by atoms with van der Waals surface area (Å²) < 4.78 is 12.5. The summed E-state index contributed by atoms with van der Waals surface area (Å²) in [6.07, 6.45) is 6.55. The fourth-order valence-electron chi connectivity index (χ4n) is 2.86. The van der Waals surface area contributed by atoms with Crippen LogP contribution in [-0.4, -0.2) is 34.9 Å². The maximum Gasteiger partial charge on any atom is 0.0947 e. The average molecular weight is 261 g/mol. The van der Waals surface area contributed by atoms with Gasteiger partial charge in [-0.05, 0) is 18.1 Å². The van der Waals surface area contributed by atoms with Crippen molar-refractivity contribution < 1.29 is 9.15 Å². The molecule has 0 amide bonds. The molecular formula is C14H19N3O2. The normalized spacial score (nSPS) is 19.6. The van der Waals surface area contributed by atoms with Gasteiger partial charge in [0.15, 0.2) is 0 Å². The van der Waals surface area contributed by atoms with Crippen LogP contribution in [0.15, 0.2) is 29.2 Å². The SMILES string of the molecule is COC[C@H]1c2c(cnn2C)CCN1Cc1ccoc1. The van der Waals surface area contributed by atoms with Crippen LogP contribution >= 0.6 is 0 Å². The zero-order chi connectivity index (χ0) is 13.2. The molecule has 5 nitrogen and oxygen atoms in total. The second-order valence-corrected chi connectivity index (χ2v) is 5.00. The van der Waals surface area contributed by atoms with E-state index in [4.69, 9.17) is 9.15 Å². The van der Waals surface area contributed by atoms with Crippen LogP contribution in [0.5, 0.6) is 0 Å². The highest BCUT2D eigenvalue weighted by molar-refractivity contribution is 5.25. The fraction of sp³-hybridized carbons (Fsp3) is 0.500. The van der Waals surface area contributed by atoms with Gasteiger partial charge in [0.25, 0.3) is 0 Å². The van der Waals surface area contributed by atoms with Crippen LogP contribution < -0.4 is 0 Å². The molecule has 0 aromatic carbocycles. The number of nitrogens with zero attached hydrogens (tertiary/aromatic N) is 3. The van der Waals surface area contributed by atoms with Crippen molar-refractivity contribution in [3.05, 3.63) is 41.6 Å². The van der Waals surface area contributed by atoms with Gasteiger partial charge in [0.1, 0.15) is 0 Å². The van der Waals surface area contributed by atoms with Gasteiger partial charge in [0.2, 0.25) is 0 Å². The van der Waals surface area contributed by atoms with Crippen LogP contribution in [0.25, 0.3) is 0 Å². The lowest BCUT2D eigenvalue weighted by molar-refractivity contribution is 0.0733. The molecule has 0 spiro atoms. The molecule has 0 saturated carbocycles. The van der Waals surface area contributed by atoms with Gasteiger partial charge < -0.3 is 9.15 Å². The predicted molar refractivity (Wildman–Crippen MR) is 70.6 cm³/mol. The summed E-state index contributed by atoms with van der Waals surface area (Å²) in [6, 6.07) is 2.28. The minimum absolute atomic E-state index is 0.260. The molecule has 0 unspecified atom stereocenters. The highest BCUT2D eigenvalue weighted by Gasteiger charge is 2.30. The predicted octanol–water partition coefficient (Wildman–Crippen LogP) is 1.76. The number of rotatable bonds is 4. The zero-order valence-electron chi connectivity index (χ0n) is 11.4. The van der Waals surface area contributed by atoms with Crippen molar-refractivity contribution in [3.8, 4) is 0 Å². The standard InChI is InChI=1S/C14H19N3O2/c1-16-14-12(7-15-16)3-5-17(13(14)10-18-2)8-11-4-6-19-9-11/h4,6-7,9,13H,3,5,8,10H2,1-2H3/t13-/m0/s1. The highest BCUT2D eigenvalue weighted by atomic mass is 16.5. The Morgan fingerprint density at radius 2 is 2.42 bits per heavy atom. The number of methoxy groups -OCH3 is 1. The Kier molecular flexibility index (Phi) is 3.40. The lowest BCUT2D eigenvalue weighted by atomic mass is 9.99. The molecule has 0 N–H and O–H groups in total. The molecule has 19 heavy (non-hydrogen) atoms. The van der Waals surface area contributed by atoms with Gasteiger partial charge in [-0.25, -0.2) is 0 Å². The largest absolute Gasteiger partial charge is 0.472 e. The van der Waals surface area contributed by atoms with Crippen LogP contribution in [0.1, 0.15) is 22.9 Å². The first kappa shape index (κ1) is 12.4. The Bertz CT molecular complexity index is 533. The summed E-state index contributed by atoms with van der Waals surface area (Å²) >= 11 is 0. The molecule has 2 aromatic heterocycles. The molecule has 1 aliphatic heterocycles. The number of aromatic nitrogens is 2. The molecule has 3 heterocycles. The lowest BCUT2D eigenvalue weighted by Crippen LogP contribution is -2.38. The fourth-order valence-corrected chi connectivity index (χ4v) is 2.86. The average Bonchev–Trinajstić information content (AvgIpc) is 3.03. The van der Waals surface area contributed by atoms with Gasteiger partial charge in [-0.15, -0.1) is 0 Å². The zero-order valence-corrected chi connectivity index (χ0v) is 11.4. The Balaban J connectivity index is 1.87. The first-order chi connectivity index (χ1) is 9.29. The van der Waals surface area contributed by atoms with Gasteiger partial charge in [-0.3, -0.25) is 9.58 Å². The van der Waals surface area contributed by atoms with Gasteiger partial charge in [-0.1, -0.05) is 0 Å². The Labute approximate surface area is 112 Å². The minimum Gasteiger partial charge on any atom is -0.472 e. The summed E-state index contributed by atoms with van der Waals surface area (Å²) in [6.45, 7) is 2.59. The van der Waals surface area contributed by atoms with E-state index in [0.717, 1.165) is 19.5 Å². The monoisotopic (exact) mass is 261 g/mol. The number of hydrogen-bond donors (Lipinski definition) is 0.